The van der Waals surface area contributed by atoms with Gasteiger partial charge in [0.15, 0.2) is 0 Å². The van der Waals surface area contributed by atoms with Crippen LogP contribution in [0.4, 0.5) is 18.0 Å². The molecule has 4 heterocycles. The maximum atomic E-state index is 13.0. The molecule has 16 heteroatoms. The average Bonchev–Trinajstić information content (AvgIpc) is 3.49. The molecule has 0 spiro atoms. The molecular formula is C39H46Cl2F3N7O4. The molecule has 4 aromatic rings. The van der Waals surface area contributed by atoms with Gasteiger partial charge < -0.3 is 29.6 Å². The molecule has 0 bridgehead atoms. The van der Waals surface area contributed by atoms with Crippen LogP contribution in [0.15, 0.2) is 60.9 Å². The molecular weight excluding hydrogens is 758 g/mol. The number of rotatable bonds is 11. The van der Waals surface area contributed by atoms with Crippen LogP contribution >= 0.6 is 23.2 Å². The highest BCUT2D eigenvalue weighted by molar-refractivity contribution is 6.36. The van der Waals surface area contributed by atoms with Gasteiger partial charge in [-0.3, -0.25) is 14.6 Å². The van der Waals surface area contributed by atoms with E-state index in [4.69, 9.17) is 32.9 Å². The molecule has 2 amide bonds. The Morgan fingerprint density at radius 1 is 0.964 bits per heavy atom. The third-order valence-electron chi connectivity index (χ3n) is 9.50. The third kappa shape index (κ3) is 11.0. The van der Waals surface area contributed by atoms with E-state index in [2.05, 4.69) is 31.2 Å². The molecule has 6 rings (SSSR count). The second-order valence-corrected chi connectivity index (χ2v) is 15.7. The number of aromatic nitrogens is 2. The molecule has 2 aromatic heterocycles. The zero-order chi connectivity index (χ0) is 39.3. The van der Waals surface area contributed by atoms with Crippen LogP contribution < -0.4 is 15.4 Å². The highest BCUT2D eigenvalue weighted by atomic mass is 35.5. The molecule has 0 saturated carbocycles. The van der Waals surface area contributed by atoms with Gasteiger partial charge in [-0.05, 0) is 68.7 Å². The number of hydrogen-bond acceptors (Lipinski definition) is 8. The Hall–Kier alpha value is -4.08. The number of carbonyl (C=O) groups excluding carboxylic acids is 2. The van der Waals surface area contributed by atoms with Gasteiger partial charge in [0.05, 0.1) is 0 Å². The Bertz CT molecular complexity index is 1940. The first-order chi connectivity index (χ1) is 26.1. The number of piperazine rings is 2. The van der Waals surface area contributed by atoms with E-state index in [0.717, 1.165) is 59.5 Å². The first kappa shape index (κ1) is 40.6. The molecule has 11 nitrogen and oxygen atoms in total. The number of hydrogen-bond donors (Lipinski definition) is 2. The second kappa shape index (κ2) is 17.4. The molecule has 2 fully saturated rings. The van der Waals surface area contributed by atoms with Crippen molar-refractivity contribution in [3.8, 4) is 16.9 Å². The maximum absolute atomic E-state index is 13.0. The summed E-state index contributed by atoms with van der Waals surface area (Å²) in [5.41, 5.74) is 3.58. The van der Waals surface area contributed by atoms with Crippen LogP contribution in [0.2, 0.25) is 10.0 Å². The number of amides is 2. The summed E-state index contributed by atoms with van der Waals surface area (Å²) in [4.78, 5) is 36.7. The van der Waals surface area contributed by atoms with E-state index < -0.39 is 24.1 Å². The number of nitrogens with zero attached hydrogens (tertiary/aromatic N) is 5. The van der Waals surface area contributed by atoms with E-state index in [0.29, 0.717) is 55.7 Å². The van der Waals surface area contributed by atoms with E-state index in [-0.39, 0.29) is 18.2 Å². The number of benzene rings is 2. The number of pyridine rings is 1. The molecule has 2 aliphatic heterocycles. The van der Waals surface area contributed by atoms with Crippen molar-refractivity contribution in [1.29, 1.82) is 0 Å². The summed E-state index contributed by atoms with van der Waals surface area (Å²) in [7, 11) is 0. The van der Waals surface area contributed by atoms with Crippen molar-refractivity contribution in [2.45, 2.75) is 64.8 Å². The molecule has 0 aliphatic carbocycles. The zero-order valence-corrected chi connectivity index (χ0v) is 32.6. The van der Waals surface area contributed by atoms with Crippen LogP contribution in [0.5, 0.6) is 5.75 Å². The number of nitrogens with one attached hydrogen (secondary N) is 2. The molecule has 55 heavy (non-hydrogen) atoms. The van der Waals surface area contributed by atoms with Gasteiger partial charge in [-0.15, -0.1) is 13.2 Å². The summed E-state index contributed by atoms with van der Waals surface area (Å²) in [6.07, 6.45) is -0.834. The lowest BCUT2D eigenvalue weighted by molar-refractivity contribution is -0.274. The summed E-state index contributed by atoms with van der Waals surface area (Å²) < 4.78 is 50.2. The number of halogens is 5. The zero-order valence-electron chi connectivity index (χ0n) is 31.1. The van der Waals surface area contributed by atoms with E-state index in [1.807, 2.05) is 35.2 Å². The van der Waals surface area contributed by atoms with Crippen molar-refractivity contribution in [2.24, 2.45) is 0 Å². The molecule has 1 atom stereocenters. The predicted octanol–water partition coefficient (Wildman–Crippen LogP) is 6.94. The van der Waals surface area contributed by atoms with Crippen LogP contribution in [0.3, 0.4) is 0 Å². The van der Waals surface area contributed by atoms with Gasteiger partial charge >= 0.3 is 12.5 Å². The van der Waals surface area contributed by atoms with Gasteiger partial charge in [0, 0.05) is 111 Å². The van der Waals surface area contributed by atoms with Gasteiger partial charge in [0.25, 0.3) is 0 Å². The lowest BCUT2D eigenvalue weighted by atomic mass is 10.0. The Morgan fingerprint density at radius 3 is 2.29 bits per heavy atom. The van der Waals surface area contributed by atoms with Crippen LogP contribution in [0, 0.1) is 0 Å². The largest absolute Gasteiger partial charge is 0.573 e. The molecule has 2 aromatic carbocycles. The lowest BCUT2D eigenvalue weighted by Gasteiger charge is -2.35. The van der Waals surface area contributed by atoms with Crippen molar-refractivity contribution in [3.63, 3.8) is 0 Å². The van der Waals surface area contributed by atoms with Gasteiger partial charge in [-0.1, -0.05) is 41.4 Å². The standard InChI is InChI=1S/C39H46Cl2F3N7O4/c1-38(2,3)55-37(53)51-15-13-45-34(25-51)36(52)46-12-5-14-50-24-30(27-8-10-28(11-9-27)54-39(42,43)44)29-20-26(21-47-35(29)50)22-48-16-18-49(19-17-48)23-31-32(40)6-4-7-33(31)41/h4,6-11,20-21,24,34,45H,5,12-19,22-23,25H2,1-3H3,(H,46,52). The van der Waals surface area contributed by atoms with Crippen molar-refractivity contribution < 1.29 is 32.2 Å². The first-order valence-electron chi connectivity index (χ1n) is 18.3. The monoisotopic (exact) mass is 803 g/mol. The number of alkyl halides is 3. The summed E-state index contributed by atoms with van der Waals surface area (Å²) in [6.45, 7) is 12.2. The molecule has 0 radical (unpaired) electrons. The van der Waals surface area contributed by atoms with Crippen LogP contribution in [-0.4, -0.2) is 107 Å². The highest BCUT2D eigenvalue weighted by Crippen LogP contribution is 2.33. The quantitative estimate of drug-likeness (QED) is 0.157. The summed E-state index contributed by atoms with van der Waals surface area (Å²) in [5.74, 6) is -0.504. The van der Waals surface area contributed by atoms with Crippen molar-refractivity contribution in [1.82, 2.24) is 34.9 Å². The van der Waals surface area contributed by atoms with Gasteiger partial charge in [-0.25, -0.2) is 9.78 Å². The maximum Gasteiger partial charge on any atom is 0.573 e. The summed E-state index contributed by atoms with van der Waals surface area (Å²) in [6, 6.07) is 12.9. The van der Waals surface area contributed by atoms with E-state index >= 15 is 0 Å². The molecule has 2 aliphatic rings. The van der Waals surface area contributed by atoms with E-state index in [1.165, 1.54) is 12.1 Å². The minimum absolute atomic E-state index is 0.205. The SMILES string of the molecule is CC(C)(C)OC(=O)N1CCNC(C(=O)NCCCn2cc(-c3ccc(OC(F)(F)F)cc3)c3cc(CN4CCN(Cc5c(Cl)cccc5Cl)CC4)cnc32)C1. The minimum Gasteiger partial charge on any atom is -0.444 e. The highest BCUT2D eigenvalue weighted by Gasteiger charge is 2.32. The van der Waals surface area contributed by atoms with Gasteiger partial charge in [0.2, 0.25) is 5.91 Å². The first-order valence-corrected chi connectivity index (χ1v) is 19.1. The number of carbonyl (C=O) groups is 2. The molecule has 296 valence electrons. The predicted molar refractivity (Wildman–Crippen MR) is 206 cm³/mol. The fourth-order valence-corrected chi connectivity index (χ4v) is 7.33. The normalized spacial score (nSPS) is 17.4. The van der Waals surface area contributed by atoms with Crippen LogP contribution in [0.25, 0.3) is 22.2 Å². The topological polar surface area (TPSA) is 104 Å². The van der Waals surface area contributed by atoms with Gasteiger partial charge in [-0.2, -0.15) is 0 Å². The Morgan fingerprint density at radius 2 is 1.64 bits per heavy atom. The van der Waals surface area contributed by atoms with Crippen molar-refractivity contribution in [2.75, 3.05) is 52.4 Å². The van der Waals surface area contributed by atoms with Crippen molar-refractivity contribution >= 4 is 46.2 Å². The summed E-state index contributed by atoms with van der Waals surface area (Å²) >= 11 is 12.8. The molecule has 2 saturated heterocycles. The van der Waals surface area contributed by atoms with Crippen LogP contribution in [0.1, 0.15) is 38.3 Å². The number of aryl methyl sites for hydroxylation is 1. The fourth-order valence-electron chi connectivity index (χ4n) is 6.81. The fraction of sp³-hybridized carbons (Fsp3) is 0.462. The van der Waals surface area contributed by atoms with Gasteiger partial charge in [0.1, 0.15) is 23.0 Å². The van der Waals surface area contributed by atoms with E-state index in [9.17, 15) is 22.8 Å². The number of ether oxygens (including phenoxy) is 2. The van der Waals surface area contributed by atoms with Crippen LogP contribution in [-0.2, 0) is 29.2 Å². The average molecular weight is 805 g/mol. The van der Waals surface area contributed by atoms with Crippen molar-refractivity contribution in [3.05, 3.63) is 82.1 Å². The Balaban J connectivity index is 1.11. The Labute approximate surface area is 328 Å². The number of fused-ring (bicyclic) bond motifs is 1. The summed E-state index contributed by atoms with van der Waals surface area (Å²) in [5, 5.41) is 8.34. The van der Waals surface area contributed by atoms with E-state index in [1.54, 1.807) is 37.8 Å². The Kier molecular flexibility index (Phi) is 12.8. The third-order valence-corrected chi connectivity index (χ3v) is 10.2. The lowest BCUT2D eigenvalue weighted by Crippen LogP contribution is -2.58. The molecule has 2 N–H and O–H groups in total. The second-order valence-electron chi connectivity index (χ2n) is 14.9. The minimum atomic E-state index is -4.79. The smallest absolute Gasteiger partial charge is 0.444 e. The molecule has 1 unspecified atom stereocenters.